The quantitative estimate of drug-likeness (QED) is 0.594. The molecule has 0 aliphatic carbocycles. The average molecular weight is 237 g/mol. The summed E-state index contributed by atoms with van der Waals surface area (Å²) in [5.74, 6) is 0.557. The van der Waals surface area contributed by atoms with E-state index < -0.39 is 0 Å². The van der Waals surface area contributed by atoms with Crippen LogP contribution >= 0.6 is 11.6 Å². The molecule has 0 aliphatic rings. The van der Waals surface area contributed by atoms with E-state index in [9.17, 15) is 0 Å². The number of hydrogen-bond acceptors (Lipinski definition) is 0. The van der Waals surface area contributed by atoms with Gasteiger partial charge in [-0.25, -0.2) is 0 Å². The van der Waals surface area contributed by atoms with Gasteiger partial charge in [-0.2, -0.15) is 0 Å². The first-order valence-corrected chi connectivity index (χ1v) is 6.48. The standard InChI is InChI=1S/C15H21Cl/c1-4-13-8-6-7-9-15(13)12(3)10-11-14(16)5-2/h4,6-9,12,14H,1,5,10-11H2,2-3H3. The van der Waals surface area contributed by atoms with Gasteiger partial charge in [0.2, 0.25) is 0 Å². The van der Waals surface area contributed by atoms with E-state index in [1.54, 1.807) is 0 Å². The molecule has 0 spiro atoms. The Morgan fingerprint density at radius 3 is 2.62 bits per heavy atom. The predicted octanol–water partition coefficient (Wildman–Crippen LogP) is 5.23. The number of hydrogen-bond donors (Lipinski definition) is 0. The van der Waals surface area contributed by atoms with Crippen molar-refractivity contribution in [3.05, 3.63) is 42.0 Å². The van der Waals surface area contributed by atoms with Crippen LogP contribution in [-0.4, -0.2) is 5.38 Å². The Morgan fingerprint density at radius 2 is 2.00 bits per heavy atom. The fourth-order valence-electron chi connectivity index (χ4n) is 1.94. The van der Waals surface area contributed by atoms with Gasteiger partial charge in [0.15, 0.2) is 0 Å². The van der Waals surface area contributed by atoms with Gasteiger partial charge < -0.3 is 0 Å². The molecule has 0 saturated heterocycles. The minimum Gasteiger partial charge on any atom is -0.123 e. The first-order valence-electron chi connectivity index (χ1n) is 6.04. The molecule has 16 heavy (non-hydrogen) atoms. The molecular formula is C15H21Cl. The highest BCUT2D eigenvalue weighted by Crippen LogP contribution is 2.26. The summed E-state index contributed by atoms with van der Waals surface area (Å²) in [5, 5.41) is 0.318. The molecule has 0 aliphatic heterocycles. The van der Waals surface area contributed by atoms with Gasteiger partial charge in [0.1, 0.15) is 0 Å². The Balaban J connectivity index is 2.65. The molecule has 0 N–H and O–H groups in total. The van der Waals surface area contributed by atoms with Gasteiger partial charge in [0.05, 0.1) is 0 Å². The normalized spacial score (nSPS) is 14.4. The van der Waals surface area contributed by atoms with Crippen molar-refractivity contribution < 1.29 is 0 Å². The maximum Gasteiger partial charge on any atom is 0.0333 e. The van der Waals surface area contributed by atoms with Crippen molar-refractivity contribution in [3.8, 4) is 0 Å². The van der Waals surface area contributed by atoms with Gasteiger partial charge in [0.25, 0.3) is 0 Å². The lowest BCUT2D eigenvalue weighted by Gasteiger charge is -2.16. The zero-order chi connectivity index (χ0) is 12.0. The van der Waals surface area contributed by atoms with Crippen molar-refractivity contribution in [2.45, 2.75) is 44.4 Å². The second-order valence-electron chi connectivity index (χ2n) is 4.32. The molecule has 88 valence electrons. The smallest absolute Gasteiger partial charge is 0.0333 e. The lowest BCUT2D eigenvalue weighted by atomic mass is 9.91. The van der Waals surface area contributed by atoms with Crippen molar-refractivity contribution in [2.75, 3.05) is 0 Å². The molecule has 0 radical (unpaired) electrons. The molecule has 1 aromatic rings. The van der Waals surface area contributed by atoms with E-state index in [-0.39, 0.29) is 0 Å². The molecule has 0 nitrogen and oxygen atoms in total. The van der Waals surface area contributed by atoms with Crippen LogP contribution in [0.5, 0.6) is 0 Å². The SMILES string of the molecule is C=Cc1ccccc1C(C)CCC(Cl)CC. The Hall–Kier alpha value is -0.750. The third-order valence-corrected chi connectivity index (χ3v) is 3.63. The van der Waals surface area contributed by atoms with E-state index in [4.69, 9.17) is 11.6 Å². The number of alkyl halides is 1. The zero-order valence-electron chi connectivity index (χ0n) is 10.2. The molecule has 2 unspecified atom stereocenters. The van der Waals surface area contributed by atoms with Crippen LogP contribution in [0.15, 0.2) is 30.8 Å². The van der Waals surface area contributed by atoms with Gasteiger partial charge in [-0.3, -0.25) is 0 Å². The van der Waals surface area contributed by atoms with Crippen LogP contribution in [-0.2, 0) is 0 Å². The molecule has 0 aromatic heterocycles. The van der Waals surface area contributed by atoms with E-state index >= 15 is 0 Å². The summed E-state index contributed by atoms with van der Waals surface area (Å²) in [4.78, 5) is 0. The van der Waals surface area contributed by atoms with Crippen molar-refractivity contribution in [3.63, 3.8) is 0 Å². The minimum absolute atomic E-state index is 0.318. The first kappa shape index (κ1) is 13.3. The minimum atomic E-state index is 0.318. The topological polar surface area (TPSA) is 0 Å². The molecule has 1 rings (SSSR count). The van der Waals surface area contributed by atoms with Crippen LogP contribution in [0.25, 0.3) is 6.08 Å². The summed E-state index contributed by atoms with van der Waals surface area (Å²) in [6.45, 7) is 8.26. The van der Waals surface area contributed by atoms with Crippen LogP contribution in [0.2, 0.25) is 0 Å². The van der Waals surface area contributed by atoms with Gasteiger partial charge in [-0.05, 0) is 36.3 Å². The summed E-state index contributed by atoms with van der Waals surface area (Å²) in [5.41, 5.74) is 2.63. The third-order valence-electron chi connectivity index (χ3n) is 3.10. The zero-order valence-corrected chi connectivity index (χ0v) is 11.0. The van der Waals surface area contributed by atoms with Crippen molar-refractivity contribution in [2.24, 2.45) is 0 Å². The number of benzene rings is 1. The second-order valence-corrected chi connectivity index (χ2v) is 4.93. The molecule has 0 saturated carbocycles. The monoisotopic (exact) mass is 236 g/mol. The Labute approximate surface area is 104 Å². The molecule has 0 bridgehead atoms. The van der Waals surface area contributed by atoms with E-state index in [1.165, 1.54) is 11.1 Å². The van der Waals surface area contributed by atoms with Crippen molar-refractivity contribution >= 4 is 17.7 Å². The van der Waals surface area contributed by atoms with Gasteiger partial charge >= 0.3 is 0 Å². The summed E-state index contributed by atoms with van der Waals surface area (Å²) in [7, 11) is 0. The molecule has 1 aromatic carbocycles. The van der Waals surface area contributed by atoms with E-state index in [1.807, 2.05) is 6.08 Å². The molecule has 2 atom stereocenters. The number of halogens is 1. The Bertz CT molecular complexity index is 330. The van der Waals surface area contributed by atoms with E-state index in [0.717, 1.165) is 19.3 Å². The van der Waals surface area contributed by atoms with Crippen LogP contribution in [0.1, 0.15) is 50.2 Å². The third kappa shape index (κ3) is 3.68. The molecule has 0 amide bonds. The van der Waals surface area contributed by atoms with E-state index in [2.05, 4.69) is 44.7 Å². The van der Waals surface area contributed by atoms with Crippen molar-refractivity contribution in [1.29, 1.82) is 0 Å². The predicted molar refractivity (Wildman–Crippen MR) is 74.1 cm³/mol. The van der Waals surface area contributed by atoms with Crippen LogP contribution in [0, 0.1) is 0 Å². The van der Waals surface area contributed by atoms with Crippen molar-refractivity contribution in [1.82, 2.24) is 0 Å². The van der Waals surface area contributed by atoms with Crippen LogP contribution in [0.3, 0.4) is 0 Å². The van der Waals surface area contributed by atoms with Gasteiger partial charge in [-0.15, -0.1) is 11.6 Å². The summed E-state index contributed by atoms with van der Waals surface area (Å²) in [6.07, 6.45) is 5.22. The summed E-state index contributed by atoms with van der Waals surface area (Å²) in [6, 6.07) is 8.47. The molecule has 0 fully saturated rings. The maximum atomic E-state index is 6.15. The average Bonchev–Trinajstić information content (AvgIpc) is 2.35. The second kappa shape index (κ2) is 6.75. The lowest BCUT2D eigenvalue weighted by molar-refractivity contribution is 0.603. The highest BCUT2D eigenvalue weighted by atomic mass is 35.5. The highest BCUT2D eigenvalue weighted by Gasteiger charge is 2.10. The number of rotatable bonds is 6. The summed E-state index contributed by atoms with van der Waals surface area (Å²) < 4.78 is 0. The molecular weight excluding hydrogens is 216 g/mol. The van der Waals surface area contributed by atoms with Gasteiger partial charge in [-0.1, -0.05) is 50.8 Å². The first-order chi connectivity index (χ1) is 7.69. The molecule has 1 heteroatoms. The van der Waals surface area contributed by atoms with Crippen LogP contribution < -0.4 is 0 Å². The van der Waals surface area contributed by atoms with E-state index in [0.29, 0.717) is 11.3 Å². The largest absolute Gasteiger partial charge is 0.123 e. The van der Waals surface area contributed by atoms with Crippen LogP contribution in [0.4, 0.5) is 0 Å². The summed E-state index contributed by atoms with van der Waals surface area (Å²) >= 11 is 6.15. The fourth-order valence-corrected chi connectivity index (χ4v) is 2.06. The van der Waals surface area contributed by atoms with Gasteiger partial charge in [0, 0.05) is 5.38 Å². The maximum absolute atomic E-state index is 6.15. The fraction of sp³-hybridized carbons (Fsp3) is 0.467. The Kier molecular flexibility index (Phi) is 5.62. The lowest BCUT2D eigenvalue weighted by Crippen LogP contribution is -2.02. The highest BCUT2D eigenvalue weighted by molar-refractivity contribution is 6.20. The molecule has 0 heterocycles. The Morgan fingerprint density at radius 1 is 1.31 bits per heavy atom.